The van der Waals surface area contributed by atoms with Crippen molar-refractivity contribution in [3.05, 3.63) is 0 Å². The lowest BCUT2D eigenvalue weighted by Crippen LogP contribution is -2.43. The summed E-state index contributed by atoms with van der Waals surface area (Å²) in [5.41, 5.74) is 6.17. The van der Waals surface area contributed by atoms with E-state index in [1.54, 1.807) is 7.11 Å². The maximum atomic E-state index is 8.80. The number of ether oxygens (including phenoxy) is 1. The Labute approximate surface area is 123 Å². The third kappa shape index (κ3) is 7.60. The molecule has 0 amide bonds. The fourth-order valence-electron chi connectivity index (χ4n) is 2.76. The van der Waals surface area contributed by atoms with Gasteiger partial charge in [-0.2, -0.15) is 0 Å². The molecule has 1 rings (SSSR count). The van der Waals surface area contributed by atoms with Crippen LogP contribution >= 0.6 is 0 Å². The van der Waals surface area contributed by atoms with Crippen molar-refractivity contribution < 1.29 is 14.8 Å². The van der Waals surface area contributed by atoms with Gasteiger partial charge in [0, 0.05) is 25.7 Å². The zero-order chi connectivity index (χ0) is 15.0. The number of nitrogens with two attached hydrogens (primary N) is 1. The van der Waals surface area contributed by atoms with Gasteiger partial charge in [0.1, 0.15) is 0 Å². The molecular formula is C14H31BN2O3. The van der Waals surface area contributed by atoms with Crippen molar-refractivity contribution in [3.8, 4) is 0 Å². The first kappa shape index (κ1) is 17.9. The molecule has 0 aliphatic carbocycles. The normalized spacial score (nSPS) is 20.9. The van der Waals surface area contributed by atoms with Crippen LogP contribution < -0.4 is 5.73 Å². The SMILES string of the molecule is COC1CCN(CCC(C)(N)CCCCB(O)O)CC1. The van der Waals surface area contributed by atoms with Crippen molar-refractivity contribution in [3.63, 3.8) is 0 Å². The van der Waals surface area contributed by atoms with Crippen LogP contribution in [0.15, 0.2) is 0 Å². The van der Waals surface area contributed by atoms with Gasteiger partial charge >= 0.3 is 7.12 Å². The predicted molar refractivity (Wildman–Crippen MR) is 82.5 cm³/mol. The van der Waals surface area contributed by atoms with Crippen molar-refractivity contribution >= 4 is 7.12 Å². The maximum absolute atomic E-state index is 8.80. The second-order valence-electron chi connectivity index (χ2n) is 6.41. The molecule has 1 atom stereocenters. The van der Waals surface area contributed by atoms with Crippen LogP contribution in [0.3, 0.4) is 0 Å². The summed E-state index contributed by atoms with van der Waals surface area (Å²) in [6.45, 7) is 5.35. The highest BCUT2D eigenvalue weighted by Gasteiger charge is 2.23. The number of hydrogen-bond acceptors (Lipinski definition) is 5. The highest BCUT2D eigenvalue weighted by atomic mass is 16.5. The summed E-state index contributed by atoms with van der Waals surface area (Å²) in [5.74, 6) is 0. The zero-order valence-corrected chi connectivity index (χ0v) is 13.1. The molecule has 0 spiro atoms. The number of nitrogens with zero attached hydrogens (tertiary/aromatic N) is 1. The molecule has 118 valence electrons. The highest BCUT2D eigenvalue weighted by Crippen LogP contribution is 2.19. The van der Waals surface area contributed by atoms with E-state index in [9.17, 15) is 0 Å². The molecular weight excluding hydrogens is 255 g/mol. The van der Waals surface area contributed by atoms with E-state index in [0.717, 1.165) is 58.2 Å². The van der Waals surface area contributed by atoms with Gasteiger partial charge in [-0.05, 0) is 45.5 Å². The van der Waals surface area contributed by atoms with Crippen LogP contribution in [0.4, 0.5) is 0 Å². The Kier molecular flexibility index (Phi) is 8.06. The molecule has 5 nitrogen and oxygen atoms in total. The molecule has 0 aromatic carbocycles. The summed E-state index contributed by atoms with van der Waals surface area (Å²) in [7, 11) is 0.613. The van der Waals surface area contributed by atoms with Crippen LogP contribution in [-0.2, 0) is 4.74 Å². The van der Waals surface area contributed by atoms with Gasteiger partial charge in [0.25, 0.3) is 0 Å². The average Bonchev–Trinajstić information content (AvgIpc) is 2.42. The number of hydrogen-bond donors (Lipinski definition) is 3. The molecule has 4 N–H and O–H groups in total. The largest absolute Gasteiger partial charge is 0.451 e. The third-order valence-electron chi connectivity index (χ3n) is 4.33. The summed E-state index contributed by atoms with van der Waals surface area (Å²) >= 11 is 0. The fourth-order valence-corrected chi connectivity index (χ4v) is 2.76. The Bertz CT molecular complexity index is 257. The number of rotatable bonds is 9. The Morgan fingerprint density at radius 3 is 2.45 bits per heavy atom. The van der Waals surface area contributed by atoms with Crippen LogP contribution in [0.25, 0.3) is 0 Å². The molecule has 20 heavy (non-hydrogen) atoms. The van der Waals surface area contributed by atoms with Crippen LogP contribution in [0, 0.1) is 0 Å². The lowest BCUT2D eigenvalue weighted by Gasteiger charge is -2.34. The molecule has 1 aliphatic rings. The van der Waals surface area contributed by atoms with E-state index in [1.807, 2.05) is 0 Å². The predicted octanol–water partition coefficient (Wildman–Crippen LogP) is 0.848. The quantitative estimate of drug-likeness (QED) is 0.432. The molecule has 0 saturated carbocycles. The first-order chi connectivity index (χ1) is 9.43. The van der Waals surface area contributed by atoms with Gasteiger partial charge in [-0.25, -0.2) is 0 Å². The minimum atomic E-state index is -1.18. The van der Waals surface area contributed by atoms with E-state index in [2.05, 4.69) is 11.8 Å². The van der Waals surface area contributed by atoms with Crippen molar-refractivity contribution in [2.75, 3.05) is 26.7 Å². The van der Waals surface area contributed by atoms with Crippen molar-refractivity contribution in [1.82, 2.24) is 4.90 Å². The Morgan fingerprint density at radius 1 is 1.25 bits per heavy atom. The first-order valence-electron chi connectivity index (χ1n) is 7.83. The summed E-state index contributed by atoms with van der Waals surface area (Å²) < 4.78 is 5.38. The van der Waals surface area contributed by atoms with Gasteiger partial charge in [-0.15, -0.1) is 0 Å². The first-order valence-corrected chi connectivity index (χ1v) is 7.83. The lowest BCUT2D eigenvalue weighted by atomic mass is 9.82. The number of likely N-dealkylation sites (tertiary alicyclic amines) is 1. The summed E-state index contributed by atoms with van der Waals surface area (Å²) in [4.78, 5) is 2.47. The maximum Gasteiger partial charge on any atom is 0.451 e. The van der Waals surface area contributed by atoms with Crippen molar-refractivity contribution in [1.29, 1.82) is 0 Å². The van der Waals surface area contributed by atoms with Crippen LogP contribution in [0.5, 0.6) is 0 Å². The van der Waals surface area contributed by atoms with Crippen molar-refractivity contribution in [2.24, 2.45) is 5.73 Å². The van der Waals surface area contributed by atoms with Gasteiger partial charge < -0.3 is 25.4 Å². The summed E-state index contributed by atoms with van der Waals surface area (Å²) in [6, 6.07) is 0. The number of piperidine rings is 1. The molecule has 1 unspecified atom stereocenters. The molecule has 0 aromatic heterocycles. The van der Waals surface area contributed by atoms with Gasteiger partial charge in [-0.3, -0.25) is 0 Å². The topological polar surface area (TPSA) is 79.0 Å². The molecule has 1 fully saturated rings. The second-order valence-corrected chi connectivity index (χ2v) is 6.41. The van der Waals surface area contributed by atoms with Gasteiger partial charge in [0.05, 0.1) is 6.10 Å². The van der Waals surface area contributed by atoms with E-state index in [-0.39, 0.29) is 5.54 Å². The standard InChI is InChI=1S/C14H31BN2O3/c1-14(16,7-3-4-9-15(18)19)8-12-17-10-5-13(20-2)6-11-17/h13,18-19H,3-12,16H2,1-2H3. The van der Waals surface area contributed by atoms with E-state index in [1.165, 1.54) is 0 Å². The minimum absolute atomic E-state index is 0.154. The second kappa shape index (κ2) is 9.00. The van der Waals surface area contributed by atoms with Crippen LogP contribution in [0.1, 0.15) is 45.4 Å². The molecule has 1 saturated heterocycles. The van der Waals surface area contributed by atoms with E-state index < -0.39 is 7.12 Å². The van der Waals surface area contributed by atoms with Crippen LogP contribution in [0.2, 0.25) is 6.32 Å². The summed E-state index contributed by atoms with van der Waals surface area (Å²) in [6.07, 6.45) is 6.82. The average molecular weight is 286 g/mol. The molecule has 0 radical (unpaired) electrons. The number of unbranched alkanes of at least 4 members (excludes halogenated alkanes) is 1. The molecule has 1 aliphatic heterocycles. The lowest BCUT2D eigenvalue weighted by molar-refractivity contribution is 0.0391. The van der Waals surface area contributed by atoms with E-state index >= 15 is 0 Å². The Balaban J connectivity index is 2.13. The smallest absolute Gasteiger partial charge is 0.427 e. The molecule has 0 aromatic rings. The Morgan fingerprint density at radius 2 is 1.90 bits per heavy atom. The van der Waals surface area contributed by atoms with E-state index in [0.29, 0.717) is 12.4 Å². The molecule has 1 heterocycles. The van der Waals surface area contributed by atoms with E-state index in [4.69, 9.17) is 20.5 Å². The number of methoxy groups -OCH3 is 1. The Hall–Kier alpha value is -0.135. The zero-order valence-electron chi connectivity index (χ0n) is 13.1. The van der Waals surface area contributed by atoms with Gasteiger partial charge in [0.2, 0.25) is 0 Å². The molecule has 0 bridgehead atoms. The van der Waals surface area contributed by atoms with Gasteiger partial charge in [0.15, 0.2) is 0 Å². The summed E-state index contributed by atoms with van der Waals surface area (Å²) in [5, 5.41) is 17.6. The highest BCUT2D eigenvalue weighted by molar-refractivity contribution is 6.40. The monoisotopic (exact) mass is 286 g/mol. The van der Waals surface area contributed by atoms with Crippen LogP contribution in [-0.4, -0.2) is 60.5 Å². The van der Waals surface area contributed by atoms with Crippen molar-refractivity contribution in [2.45, 2.75) is 63.4 Å². The fraction of sp³-hybridized carbons (Fsp3) is 1.00. The third-order valence-corrected chi connectivity index (χ3v) is 4.33. The van der Waals surface area contributed by atoms with Gasteiger partial charge in [-0.1, -0.05) is 12.8 Å². The minimum Gasteiger partial charge on any atom is -0.427 e. The molecule has 6 heteroatoms.